The van der Waals surface area contributed by atoms with Crippen molar-refractivity contribution in [1.29, 1.82) is 0 Å². The minimum absolute atomic E-state index is 0.240. The second kappa shape index (κ2) is 5.89. The number of nitrogens with zero attached hydrogens (tertiary/aromatic N) is 1. The lowest BCUT2D eigenvalue weighted by atomic mass is 9.97. The summed E-state index contributed by atoms with van der Waals surface area (Å²) in [6, 6.07) is 0.371. The maximum absolute atomic E-state index is 11.6. The minimum atomic E-state index is -0.240. The molecule has 0 saturated heterocycles. The summed E-state index contributed by atoms with van der Waals surface area (Å²) in [4.78, 5) is 18.3. The summed E-state index contributed by atoms with van der Waals surface area (Å²) < 4.78 is 5.12. The second-order valence-electron chi connectivity index (χ2n) is 4.98. The Morgan fingerprint density at radius 3 is 2.94 bits per heavy atom. The number of hydrogen-bond acceptors (Lipinski definition) is 4. The first-order valence-electron chi connectivity index (χ1n) is 6.60. The summed E-state index contributed by atoms with van der Waals surface area (Å²) in [6.07, 6.45) is 7.58. The van der Waals surface area contributed by atoms with Crippen LogP contribution in [0, 0.1) is 5.92 Å². The SMILES string of the molecule is COc1c(NC2CCCCCC2C)nc[nH]c1=O. The average Bonchev–Trinajstić information content (AvgIpc) is 2.55. The molecule has 0 bridgehead atoms. The van der Waals surface area contributed by atoms with Gasteiger partial charge in [0.15, 0.2) is 5.82 Å². The van der Waals surface area contributed by atoms with Crippen molar-refractivity contribution < 1.29 is 4.74 Å². The molecule has 0 aromatic carbocycles. The van der Waals surface area contributed by atoms with Gasteiger partial charge in [0, 0.05) is 6.04 Å². The average molecular weight is 251 g/mol. The van der Waals surface area contributed by atoms with Crippen molar-refractivity contribution in [2.75, 3.05) is 12.4 Å². The van der Waals surface area contributed by atoms with E-state index in [1.807, 2.05) is 0 Å². The molecule has 0 radical (unpaired) electrons. The fourth-order valence-corrected chi connectivity index (χ4v) is 2.56. The standard InChI is InChI=1S/C13H21N3O2/c1-9-6-4-3-5-7-10(9)16-12-11(18-2)13(17)15-8-14-12/h8-10H,3-7H2,1-2H3,(H2,14,15,16,17). The Morgan fingerprint density at radius 2 is 2.17 bits per heavy atom. The number of ether oxygens (including phenoxy) is 1. The van der Waals surface area contributed by atoms with E-state index >= 15 is 0 Å². The quantitative estimate of drug-likeness (QED) is 0.808. The van der Waals surface area contributed by atoms with Crippen molar-refractivity contribution in [3.8, 4) is 5.75 Å². The number of aromatic amines is 1. The fraction of sp³-hybridized carbons (Fsp3) is 0.692. The highest BCUT2D eigenvalue weighted by molar-refractivity contribution is 5.48. The van der Waals surface area contributed by atoms with E-state index in [1.54, 1.807) is 0 Å². The first-order chi connectivity index (χ1) is 8.72. The molecule has 1 aliphatic rings. The predicted octanol–water partition coefficient (Wildman–Crippen LogP) is 2.16. The number of hydrogen-bond donors (Lipinski definition) is 2. The van der Waals surface area contributed by atoms with Crippen molar-refractivity contribution in [3.63, 3.8) is 0 Å². The van der Waals surface area contributed by atoms with E-state index in [-0.39, 0.29) is 11.3 Å². The molecule has 1 aromatic heterocycles. The zero-order valence-electron chi connectivity index (χ0n) is 11.0. The van der Waals surface area contributed by atoms with Gasteiger partial charge in [0.2, 0.25) is 5.75 Å². The lowest BCUT2D eigenvalue weighted by Gasteiger charge is -2.23. The molecular formula is C13H21N3O2. The second-order valence-corrected chi connectivity index (χ2v) is 4.98. The van der Waals surface area contributed by atoms with Crippen LogP contribution in [0.4, 0.5) is 5.82 Å². The van der Waals surface area contributed by atoms with Gasteiger partial charge < -0.3 is 15.0 Å². The maximum atomic E-state index is 11.6. The highest BCUT2D eigenvalue weighted by atomic mass is 16.5. The Hall–Kier alpha value is -1.52. The van der Waals surface area contributed by atoms with Crippen LogP contribution < -0.4 is 15.6 Å². The number of rotatable bonds is 3. The van der Waals surface area contributed by atoms with Crippen LogP contribution in [0.15, 0.2) is 11.1 Å². The van der Waals surface area contributed by atoms with E-state index in [4.69, 9.17) is 4.74 Å². The van der Waals surface area contributed by atoms with Crippen LogP contribution in [0.2, 0.25) is 0 Å². The molecule has 2 unspecified atom stereocenters. The third-order valence-electron chi connectivity index (χ3n) is 3.70. The number of aromatic nitrogens is 2. The van der Waals surface area contributed by atoms with Gasteiger partial charge >= 0.3 is 0 Å². The molecule has 5 nitrogen and oxygen atoms in total. The van der Waals surface area contributed by atoms with Gasteiger partial charge in [0.25, 0.3) is 5.56 Å². The zero-order valence-corrected chi connectivity index (χ0v) is 11.0. The number of nitrogens with one attached hydrogen (secondary N) is 2. The van der Waals surface area contributed by atoms with Gasteiger partial charge in [-0.3, -0.25) is 4.79 Å². The molecule has 1 saturated carbocycles. The van der Waals surface area contributed by atoms with Gasteiger partial charge in [-0.05, 0) is 18.8 Å². The Kier molecular flexibility index (Phi) is 4.23. The largest absolute Gasteiger partial charge is 0.489 e. The topological polar surface area (TPSA) is 67.0 Å². The molecule has 1 heterocycles. The summed E-state index contributed by atoms with van der Waals surface area (Å²) >= 11 is 0. The molecule has 100 valence electrons. The van der Waals surface area contributed by atoms with Crippen molar-refractivity contribution in [2.45, 2.75) is 45.1 Å². The van der Waals surface area contributed by atoms with Gasteiger partial charge in [-0.25, -0.2) is 4.98 Å². The summed E-state index contributed by atoms with van der Waals surface area (Å²) in [5, 5.41) is 3.37. The van der Waals surface area contributed by atoms with E-state index in [2.05, 4.69) is 22.2 Å². The molecule has 0 aliphatic heterocycles. The molecule has 2 atom stereocenters. The monoisotopic (exact) mass is 251 g/mol. The summed E-state index contributed by atoms with van der Waals surface area (Å²) in [5.41, 5.74) is -0.240. The highest BCUT2D eigenvalue weighted by Crippen LogP contribution is 2.27. The van der Waals surface area contributed by atoms with Crippen LogP contribution in [-0.4, -0.2) is 23.1 Å². The zero-order chi connectivity index (χ0) is 13.0. The maximum Gasteiger partial charge on any atom is 0.295 e. The summed E-state index contributed by atoms with van der Waals surface area (Å²) in [6.45, 7) is 2.25. The van der Waals surface area contributed by atoms with Gasteiger partial charge in [-0.2, -0.15) is 0 Å². The van der Waals surface area contributed by atoms with Crippen molar-refractivity contribution >= 4 is 5.82 Å². The Morgan fingerprint density at radius 1 is 1.39 bits per heavy atom. The van der Waals surface area contributed by atoms with Gasteiger partial charge in [0.1, 0.15) is 0 Å². The number of anilines is 1. The molecule has 2 N–H and O–H groups in total. The van der Waals surface area contributed by atoms with Crippen LogP contribution in [0.25, 0.3) is 0 Å². The molecule has 1 aromatic rings. The first kappa shape index (κ1) is 12.9. The molecule has 0 spiro atoms. The molecule has 5 heteroatoms. The molecular weight excluding hydrogens is 230 g/mol. The highest BCUT2D eigenvalue weighted by Gasteiger charge is 2.21. The Bertz CT molecular complexity index is 444. The van der Waals surface area contributed by atoms with Crippen LogP contribution in [-0.2, 0) is 0 Å². The van der Waals surface area contributed by atoms with E-state index < -0.39 is 0 Å². The Balaban J connectivity index is 2.17. The van der Waals surface area contributed by atoms with Crippen LogP contribution in [0.3, 0.4) is 0 Å². The van der Waals surface area contributed by atoms with Crippen LogP contribution in [0.1, 0.15) is 39.0 Å². The lowest BCUT2D eigenvalue weighted by molar-refractivity contribution is 0.403. The third-order valence-corrected chi connectivity index (χ3v) is 3.70. The van der Waals surface area contributed by atoms with Gasteiger partial charge in [-0.15, -0.1) is 0 Å². The molecule has 1 aliphatic carbocycles. The normalized spacial score (nSPS) is 24.3. The molecule has 0 amide bonds. The van der Waals surface area contributed by atoms with Gasteiger partial charge in [0.05, 0.1) is 13.4 Å². The van der Waals surface area contributed by atoms with Crippen LogP contribution >= 0.6 is 0 Å². The third kappa shape index (κ3) is 2.83. The van der Waals surface area contributed by atoms with Crippen molar-refractivity contribution in [1.82, 2.24) is 9.97 Å². The van der Waals surface area contributed by atoms with E-state index in [1.165, 1.54) is 39.1 Å². The number of methoxy groups -OCH3 is 1. The minimum Gasteiger partial charge on any atom is -0.489 e. The predicted molar refractivity (Wildman–Crippen MR) is 71.1 cm³/mol. The van der Waals surface area contributed by atoms with Crippen molar-refractivity contribution in [3.05, 3.63) is 16.7 Å². The Labute approximate surface area is 107 Å². The lowest BCUT2D eigenvalue weighted by Crippen LogP contribution is -2.28. The van der Waals surface area contributed by atoms with E-state index in [0.29, 0.717) is 17.8 Å². The molecule has 18 heavy (non-hydrogen) atoms. The van der Waals surface area contributed by atoms with Crippen LogP contribution in [0.5, 0.6) is 5.75 Å². The summed E-state index contributed by atoms with van der Waals surface area (Å²) in [7, 11) is 1.49. The smallest absolute Gasteiger partial charge is 0.295 e. The van der Waals surface area contributed by atoms with E-state index in [9.17, 15) is 4.79 Å². The fourth-order valence-electron chi connectivity index (χ4n) is 2.56. The number of H-pyrrole nitrogens is 1. The van der Waals surface area contributed by atoms with Gasteiger partial charge in [-0.1, -0.05) is 26.2 Å². The first-order valence-corrected chi connectivity index (χ1v) is 6.60. The molecule has 2 rings (SSSR count). The molecule has 1 fully saturated rings. The van der Waals surface area contributed by atoms with E-state index in [0.717, 1.165) is 6.42 Å². The summed E-state index contributed by atoms with van der Waals surface area (Å²) in [5.74, 6) is 1.42. The van der Waals surface area contributed by atoms with Crippen molar-refractivity contribution in [2.24, 2.45) is 5.92 Å².